The maximum absolute atomic E-state index is 13.5. The van der Waals surface area contributed by atoms with Gasteiger partial charge in [0.1, 0.15) is 0 Å². The van der Waals surface area contributed by atoms with Gasteiger partial charge in [-0.1, -0.05) is 42.5 Å². The zero-order valence-corrected chi connectivity index (χ0v) is 14.2. The lowest BCUT2D eigenvalue weighted by Gasteiger charge is -2.33. The molecular formula is C20H23FN2O2. The number of nitrogens with zero attached hydrogens (tertiary/aromatic N) is 1. The Balaban J connectivity index is 1.45. The predicted octanol–water partition coefficient (Wildman–Crippen LogP) is 2.99. The number of hydrogen-bond acceptors (Lipinski definition) is 3. The van der Waals surface area contributed by atoms with E-state index in [4.69, 9.17) is 4.74 Å². The molecule has 1 N–H and O–H groups in total. The van der Waals surface area contributed by atoms with Gasteiger partial charge in [0.05, 0.1) is 0 Å². The molecule has 1 aliphatic heterocycles. The number of ether oxygens (including phenoxy) is 1. The minimum Gasteiger partial charge on any atom is -0.481 e. The standard InChI is InChI=1S/C20H23FN2O2/c21-18-10-4-5-11-19(18)25-15-20(24)22-17-9-6-12-23(14-17)13-16-7-2-1-3-8-16/h1-5,7-8,10-11,17H,6,9,12-15H2,(H,22,24)/t17-/m0/s1. The van der Waals surface area contributed by atoms with Crippen molar-refractivity contribution in [3.63, 3.8) is 0 Å². The Kier molecular flexibility index (Phi) is 6.01. The van der Waals surface area contributed by atoms with E-state index in [0.717, 1.165) is 32.5 Å². The third kappa shape index (κ3) is 5.29. The van der Waals surface area contributed by atoms with Crippen LogP contribution in [0.4, 0.5) is 4.39 Å². The lowest BCUT2D eigenvalue weighted by molar-refractivity contribution is -0.124. The quantitative estimate of drug-likeness (QED) is 0.877. The molecule has 25 heavy (non-hydrogen) atoms. The highest BCUT2D eigenvalue weighted by atomic mass is 19.1. The number of rotatable bonds is 6. The minimum absolute atomic E-state index is 0.104. The van der Waals surface area contributed by atoms with E-state index in [1.165, 1.54) is 17.7 Å². The molecule has 1 fully saturated rings. The number of likely N-dealkylation sites (tertiary alicyclic amines) is 1. The summed E-state index contributed by atoms with van der Waals surface area (Å²) in [4.78, 5) is 14.4. The van der Waals surface area contributed by atoms with Crippen LogP contribution >= 0.6 is 0 Å². The van der Waals surface area contributed by atoms with Crippen molar-refractivity contribution in [3.05, 3.63) is 66.0 Å². The molecule has 0 aromatic heterocycles. The van der Waals surface area contributed by atoms with Gasteiger partial charge in [-0.2, -0.15) is 0 Å². The highest BCUT2D eigenvalue weighted by Crippen LogP contribution is 2.16. The van der Waals surface area contributed by atoms with Gasteiger partial charge in [0.2, 0.25) is 0 Å². The molecule has 132 valence electrons. The topological polar surface area (TPSA) is 41.6 Å². The summed E-state index contributed by atoms with van der Waals surface area (Å²) in [6.45, 7) is 2.57. The maximum Gasteiger partial charge on any atom is 0.258 e. The molecule has 0 spiro atoms. The second kappa shape index (κ2) is 8.62. The first-order valence-corrected chi connectivity index (χ1v) is 8.63. The number of halogens is 1. The van der Waals surface area contributed by atoms with Gasteiger partial charge in [-0.15, -0.1) is 0 Å². The Labute approximate surface area is 147 Å². The molecule has 0 aliphatic carbocycles. The lowest BCUT2D eigenvalue weighted by Crippen LogP contribution is -2.48. The fourth-order valence-electron chi connectivity index (χ4n) is 3.13. The zero-order valence-electron chi connectivity index (χ0n) is 14.2. The summed E-state index contributed by atoms with van der Waals surface area (Å²) >= 11 is 0. The van der Waals surface area contributed by atoms with E-state index in [1.54, 1.807) is 12.1 Å². The average Bonchev–Trinajstić information content (AvgIpc) is 2.62. The van der Waals surface area contributed by atoms with Crippen LogP contribution in [0.25, 0.3) is 0 Å². The Morgan fingerprint density at radius 3 is 2.72 bits per heavy atom. The molecular weight excluding hydrogens is 319 g/mol. The van der Waals surface area contributed by atoms with Crippen LogP contribution in [-0.2, 0) is 11.3 Å². The highest BCUT2D eigenvalue weighted by molar-refractivity contribution is 5.77. The van der Waals surface area contributed by atoms with Crippen LogP contribution in [0.5, 0.6) is 5.75 Å². The van der Waals surface area contributed by atoms with E-state index >= 15 is 0 Å². The number of amides is 1. The van der Waals surface area contributed by atoms with E-state index in [-0.39, 0.29) is 24.3 Å². The molecule has 0 saturated carbocycles. The first kappa shape index (κ1) is 17.4. The van der Waals surface area contributed by atoms with Crippen LogP contribution in [0.2, 0.25) is 0 Å². The monoisotopic (exact) mass is 342 g/mol. The molecule has 1 saturated heterocycles. The van der Waals surface area contributed by atoms with E-state index in [9.17, 15) is 9.18 Å². The smallest absolute Gasteiger partial charge is 0.258 e. The third-order valence-corrected chi connectivity index (χ3v) is 4.32. The van der Waals surface area contributed by atoms with Gasteiger partial charge in [-0.3, -0.25) is 9.69 Å². The van der Waals surface area contributed by atoms with Gasteiger partial charge in [-0.25, -0.2) is 4.39 Å². The summed E-state index contributed by atoms with van der Waals surface area (Å²) in [5.74, 6) is -0.566. The maximum atomic E-state index is 13.5. The van der Waals surface area contributed by atoms with Crippen molar-refractivity contribution in [1.82, 2.24) is 10.2 Å². The summed E-state index contributed by atoms with van der Waals surface area (Å²) in [6.07, 6.45) is 2.00. The SMILES string of the molecule is O=C(COc1ccccc1F)N[C@H]1CCCN(Cc2ccccc2)C1. The predicted molar refractivity (Wildman–Crippen MR) is 94.8 cm³/mol. The van der Waals surface area contributed by atoms with Crippen molar-refractivity contribution < 1.29 is 13.9 Å². The number of carbonyl (C=O) groups is 1. The second-order valence-corrected chi connectivity index (χ2v) is 6.35. The van der Waals surface area contributed by atoms with Crippen molar-refractivity contribution >= 4 is 5.91 Å². The molecule has 0 bridgehead atoms. The molecule has 0 radical (unpaired) electrons. The molecule has 1 atom stereocenters. The van der Waals surface area contributed by atoms with Gasteiger partial charge in [0.15, 0.2) is 18.2 Å². The molecule has 1 amide bonds. The van der Waals surface area contributed by atoms with Gasteiger partial charge >= 0.3 is 0 Å². The molecule has 1 heterocycles. The first-order chi connectivity index (χ1) is 12.2. The summed E-state index contributed by atoms with van der Waals surface area (Å²) in [5, 5.41) is 3.00. The Bertz CT molecular complexity index is 693. The Morgan fingerprint density at radius 1 is 1.16 bits per heavy atom. The number of benzene rings is 2. The molecule has 2 aromatic rings. The van der Waals surface area contributed by atoms with Crippen molar-refractivity contribution in [2.24, 2.45) is 0 Å². The van der Waals surface area contributed by atoms with E-state index in [0.29, 0.717) is 0 Å². The second-order valence-electron chi connectivity index (χ2n) is 6.35. The summed E-state index contributed by atoms with van der Waals surface area (Å²) < 4.78 is 18.8. The van der Waals surface area contributed by atoms with E-state index < -0.39 is 5.82 Å². The van der Waals surface area contributed by atoms with Crippen LogP contribution in [-0.4, -0.2) is 36.5 Å². The molecule has 5 heteroatoms. The van der Waals surface area contributed by atoms with Gasteiger partial charge in [0, 0.05) is 19.1 Å². The first-order valence-electron chi connectivity index (χ1n) is 8.63. The summed E-state index contributed by atoms with van der Waals surface area (Å²) in [6, 6.07) is 16.5. The van der Waals surface area contributed by atoms with Crippen molar-refractivity contribution in [2.45, 2.75) is 25.4 Å². The Hall–Kier alpha value is -2.40. The van der Waals surface area contributed by atoms with Crippen LogP contribution < -0.4 is 10.1 Å². The Morgan fingerprint density at radius 2 is 1.92 bits per heavy atom. The van der Waals surface area contributed by atoms with Crippen molar-refractivity contribution in [3.8, 4) is 5.75 Å². The van der Waals surface area contributed by atoms with Crippen LogP contribution in [0, 0.1) is 5.82 Å². The fourth-order valence-corrected chi connectivity index (χ4v) is 3.13. The number of piperidine rings is 1. The lowest BCUT2D eigenvalue weighted by atomic mass is 10.0. The van der Waals surface area contributed by atoms with Gasteiger partial charge in [0.25, 0.3) is 5.91 Å². The van der Waals surface area contributed by atoms with E-state index in [2.05, 4.69) is 22.3 Å². The number of hydrogen-bond donors (Lipinski definition) is 1. The van der Waals surface area contributed by atoms with Crippen LogP contribution in [0.15, 0.2) is 54.6 Å². The van der Waals surface area contributed by atoms with Crippen LogP contribution in [0.3, 0.4) is 0 Å². The van der Waals surface area contributed by atoms with E-state index in [1.807, 2.05) is 18.2 Å². The van der Waals surface area contributed by atoms with Crippen molar-refractivity contribution in [2.75, 3.05) is 19.7 Å². The molecule has 1 aliphatic rings. The third-order valence-electron chi connectivity index (χ3n) is 4.32. The molecule has 0 unspecified atom stereocenters. The summed E-state index contributed by atoms with van der Waals surface area (Å²) in [7, 11) is 0. The largest absolute Gasteiger partial charge is 0.481 e. The number of carbonyl (C=O) groups excluding carboxylic acids is 1. The highest BCUT2D eigenvalue weighted by Gasteiger charge is 2.21. The summed E-state index contributed by atoms with van der Waals surface area (Å²) in [5.41, 5.74) is 1.28. The fraction of sp³-hybridized carbons (Fsp3) is 0.350. The van der Waals surface area contributed by atoms with Gasteiger partial charge in [-0.05, 0) is 37.1 Å². The molecule has 3 rings (SSSR count). The van der Waals surface area contributed by atoms with Gasteiger partial charge < -0.3 is 10.1 Å². The molecule has 4 nitrogen and oxygen atoms in total. The average molecular weight is 342 g/mol. The number of para-hydroxylation sites is 1. The zero-order chi connectivity index (χ0) is 17.5. The normalized spacial score (nSPS) is 17.9. The van der Waals surface area contributed by atoms with Crippen LogP contribution in [0.1, 0.15) is 18.4 Å². The molecule has 2 aromatic carbocycles. The number of nitrogens with one attached hydrogen (secondary N) is 1. The van der Waals surface area contributed by atoms with Crippen molar-refractivity contribution in [1.29, 1.82) is 0 Å². The minimum atomic E-state index is -0.456.